The van der Waals surface area contributed by atoms with Crippen LogP contribution in [0.15, 0.2) is 0 Å². The van der Waals surface area contributed by atoms with Gasteiger partial charge in [-0.05, 0) is 38.0 Å². The fourth-order valence-corrected chi connectivity index (χ4v) is 3.33. The van der Waals surface area contributed by atoms with Gasteiger partial charge >= 0.3 is 0 Å². The summed E-state index contributed by atoms with van der Waals surface area (Å²) in [6.45, 7) is 2.34. The number of hydrogen-bond donors (Lipinski definition) is 2. The minimum absolute atomic E-state index is 0.0933. The largest absolute Gasteiger partial charge is 0.396 e. The van der Waals surface area contributed by atoms with Gasteiger partial charge in [0.2, 0.25) is 0 Å². The summed E-state index contributed by atoms with van der Waals surface area (Å²) in [5.74, 6) is 0.465. The van der Waals surface area contributed by atoms with Crippen LogP contribution in [0.25, 0.3) is 0 Å². The Labute approximate surface area is 111 Å². The van der Waals surface area contributed by atoms with Crippen LogP contribution < -0.4 is 0 Å². The fourth-order valence-electron chi connectivity index (χ4n) is 3.33. The monoisotopic (exact) mass is 255 g/mol. The molecule has 3 heteroatoms. The quantitative estimate of drug-likeness (QED) is 0.715. The topological polar surface area (TPSA) is 43.7 Å². The number of rotatable bonds is 6. The van der Waals surface area contributed by atoms with Crippen LogP contribution in [0.2, 0.25) is 0 Å². The third-order valence-corrected chi connectivity index (χ3v) is 4.78. The maximum absolute atomic E-state index is 10.2. The maximum Gasteiger partial charge on any atom is 0.0580 e. The van der Waals surface area contributed by atoms with Crippen LogP contribution in [0.1, 0.15) is 57.8 Å². The minimum atomic E-state index is -0.0933. The van der Waals surface area contributed by atoms with E-state index in [4.69, 9.17) is 5.11 Å². The molecule has 18 heavy (non-hydrogen) atoms. The molecule has 0 aliphatic heterocycles. The molecular weight excluding hydrogens is 226 g/mol. The molecule has 0 heterocycles. The molecule has 0 spiro atoms. The van der Waals surface area contributed by atoms with Crippen molar-refractivity contribution >= 4 is 0 Å². The normalized spacial score (nSPS) is 30.2. The molecule has 0 bridgehead atoms. The van der Waals surface area contributed by atoms with Gasteiger partial charge < -0.3 is 10.2 Å². The van der Waals surface area contributed by atoms with Crippen molar-refractivity contribution in [1.29, 1.82) is 0 Å². The Morgan fingerprint density at radius 1 is 0.944 bits per heavy atom. The molecule has 0 radical (unpaired) electrons. The highest BCUT2D eigenvalue weighted by Crippen LogP contribution is 2.29. The number of aliphatic hydroxyl groups excluding tert-OH is 2. The maximum atomic E-state index is 10.2. The van der Waals surface area contributed by atoms with Gasteiger partial charge in [-0.3, -0.25) is 4.90 Å². The van der Waals surface area contributed by atoms with E-state index in [1.54, 1.807) is 0 Å². The number of aliphatic hydroxyl groups is 2. The molecular formula is C15H29NO2. The van der Waals surface area contributed by atoms with Crippen LogP contribution in [0, 0.1) is 5.92 Å². The highest BCUT2D eigenvalue weighted by atomic mass is 16.3. The van der Waals surface area contributed by atoms with Crippen molar-refractivity contribution in [2.75, 3.05) is 19.7 Å². The molecule has 2 rings (SSSR count). The van der Waals surface area contributed by atoms with E-state index in [9.17, 15) is 5.11 Å². The van der Waals surface area contributed by atoms with Crippen LogP contribution in [0.3, 0.4) is 0 Å². The smallest absolute Gasteiger partial charge is 0.0580 e. The van der Waals surface area contributed by atoms with Crippen molar-refractivity contribution in [1.82, 2.24) is 4.90 Å². The zero-order valence-corrected chi connectivity index (χ0v) is 11.6. The first-order valence-electron chi connectivity index (χ1n) is 7.84. The predicted molar refractivity (Wildman–Crippen MR) is 73.5 cm³/mol. The van der Waals surface area contributed by atoms with E-state index in [-0.39, 0.29) is 12.7 Å². The van der Waals surface area contributed by atoms with Crippen LogP contribution in [-0.4, -0.2) is 47.0 Å². The van der Waals surface area contributed by atoms with Crippen molar-refractivity contribution in [3.05, 3.63) is 0 Å². The second kappa shape index (κ2) is 7.46. The van der Waals surface area contributed by atoms with Gasteiger partial charge in [0, 0.05) is 25.7 Å². The second-order valence-electron chi connectivity index (χ2n) is 6.12. The molecule has 2 saturated carbocycles. The van der Waals surface area contributed by atoms with Crippen molar-refractivity contribution < 1.29 is 10.2 Å². The molecule has 0 saturated heterocycles. The zero-order valence-electron chi connectivity index (χ0n) is 11.6. The second-order valence-corrected chi connectivity index (χ2v) is 6.12. The van der Waals surface area contributed by atoms with Crippen molar-refractivity contribution in [2.24, 2.45) is 5.92 Å². The predicted octanol–water partition coefficient (Wildman–Crippen LogP) is 2.16. The first-order chi connectivity index (χ1) is 8.81. The first kappa shape index (κ1) is 14.3. The van der Waals surface area contributed by atoms with Crippen molar-refractivity contribution in [2.45, 2.75) is 69.9 Å². The van der Waals surface area contributed by atoms with E-state index < -0.39 is 0 Å². The molecule has 3 nitrogen and oxygen atoms in total. The lowest BCUT2D eigenvalue weighted by Crippen LogP contribution is -2.45. The molecule has 2 N–H and O–H groups in total. The molecule has 0 aromatic rings. The Balaban J connectivity index is 1.84. The number of hydrogen-bond acceptors (Lipinski definition) is 3. The molecule has 0 aromatic carbocycles. The Morgan fingerprint density at radius 2 is 1.72 bits per heavy atom. The molecule has 2 fully saturated rings. The lowest BCUT2D eigenvalue weighted by atomic mass is 9.89. The third-order valence-electron chi connectivity index (χ3n) is 4.78. The SMILES string of the molecule is OCCCN(CC1CCCCCC1O)C1CCC1. The number of nitrogens with zero attached hydrogens (tertiary/aromatic N) is 1. The summed E-state index contributed by atoms with van der Waals surface area (Å²) in [5.41, 5.74) is 0. The zero-order chi connectivity index (χ0) is 12.8. The molecule has 0 amide bonds. The van der Waals surface area contributed by atoms with Gasteiger partial charge in [-0.2, -0.15) is 0 Å². The molecule has 2 aliphatic carbocycles. The van der Waals surface area contributed by atoms with Gasteiger partial charge in [0.1, 0.15) is 0 Å². The van der Waals surface area contributed by atoms with E-state index in [0.29, 0.717) is 5.92 Å². The average Bonchev–Trinajstić information content (AvgIpc) is 2.49. The van der Waals surface area contributed by atoms with Crippen LogP contribution in [0.4, 0.5) is 0 Å². The standard InChI is InChI=1S/C15H29NO2/c17-11-5-10-16(14-7-4-8-14)12-13-6-2-1-3-9-15(13)18/h13-15,17-18H,1-12H2. The molecule has 2 unspecified atom stereocenters. The van der Waals surface area contributed by atoms with E-state index in [2.05, 4.69) is 4.90 Å². The minimum Gasteiger partial charge on any atom is -0.396 e. The summed E-state index contributed by atoms with van der Waals surface area (Å²) in [4.78, 5) is 2.54. The van der Waals surface area contributed by atoms with E-state index in [1.807, 2.05) is 0 Å². The molecule has 2 atom stereocenters. The summed E-state index contributed by atoms with van der Waals surface area (Å²) < 4.78 is 0. The summed E-state index contributed by atoms with van der Waals surface area (Å²) in [7, 11) is 0. The Kier molecular flexibility index (Phi) is 5.93. The Bertz CT molecular complexity index is 231. The van der Waals surface area contributed by atoms with Gasteiger partial charge in [-0.1, -0.05) is 25.7 Å². The summed E-state index contributed by atoms with van der Waals surface area (Å²) in [5, 5.41) is 19.2. The summed E-state index contributed by atoms with van der Waals surface area (Å²) >= 11 is 0. The van der Waals surface area contributed by atoms with Crippen molar-refractivity contribution in [3.8, 4) is 0 Å². The van der Waals surface area contributed by atoms with Crippen LogP contribution in [0.5, 0.6) is 0 Å². The highest BCUT2D eigenvalue weighted by molar-refractivity contribution is 4.84. The summed E-state index contributed by atoms with van der Waals surface area (Å²) in [6, 6.07) is 0.729. The van der Waals surface area contributed by atoms with E-state index in [0.717, 1.165) is 32.0 Å². The lowest BCUT2D eigenvalue weighted by Gasteiger charge is -2.40. The van der Waals surface area contributed by atoms with Gasteiger partial charge in [-0.15, -0.1) is 0 Å². The van der Waals surface area contributed by atoms with Gasteiger partial charge in [0.25, 0.3) is 0 Å². The van der Waals surface area contributed by atoms with Gasteiger partial charge in [-0.25, -0.2) is 0 Å². The highest BCUT2D eigenvalue weighted by Gasteiger charge is 2.29. The fraction of sp³-hybridized carbons (Fsp3) is 1.00. The lowest BCUT2D eigenvalue weighted by molar-refractivity contribution is 0.0403. The molecule has 0 aromatic heterocycles. The molecule has 2 aliphatic rings. The van der Waals surface area contributed by atoms with E-state index >= 15 is 0 Å². The van der Waals surface area contributed by atoms with E-state index in [1.165, 1.54) is 44.9 Å². The third kappa shape index (κ3) is 3.94. The van der Waals surface area contributed by atoms with Gasteiger partial charge in [0.05, 0.1) is 6.10 Å². The summed E-state index contributed by atoms with van der Waals surface area (Å²) in [6.07, 6.45) is 10.7. The van der Waals surface area contributed by atoms with Crippen LogP contribution >= 0.6 is 0 Å². The Morgan fingerprint density at radius 3 is 2.39 bits per heavy atom. The van der Waals surface area contributed by atoms with Crippen molar-refractivity contribution in [3.63, 3.8) is 0 Å². The molecule has 106 valence electrons. The average molecular weight is 255 g/mol. The van der Waals surface area contributed by atoms with Gasteiger partial charge in [0.15, 0.2) is 0 Å². The van der Waals surface area contributed by atoms with Crippen LogP contribution in [-0.2, 0) is 0 Å². The Hall–Kier alpha value is -0.120. The first-order valence-corrected chi connectivity index (χ1v) is 7.84.